The van der Waals surface area contributed by atoms with Gasteiger partial charge in [0.1, 0.15) is 5.69 Å². The summed E-state index contributed by atoms with van der Waals surface area (Å²) in [5, 5.41) is 13.1. The molecule has 0 saturated carbocycles. The largest absolute Gasteiger partial charge is 0.390 e. The fourth-order valence-electron chi connectivity index (χ4n) is 0.741. The van der Waals surface area contributed by atoms with E-state index < -0.39 is 6.10 Å². The molecular formula is C7H10ClN3O2S. The van der Waals surface area contributed by atoms with Gasteiger partial charge in [-0.15, -0.1) is 11.3 Å². The Bertz CT molecular complexity index is 318. The number of nitrogens with two attached hydrogens (primary N) is 1. The first-order valence-electron chi connectivity index (χ1n) is 3.91. The van der Waals surface area contributed by atoms with E-state index in [1.807, 2.05) is 0 Å². The minimum atomic E-state index is -0.729. The van der Waals surface area contributed by atoms with E-state index >= 15 is 0 Å². The van der Waals surface area contributed by atoms with Gasteiger partial charge in [-0.1, -0.05) is 11.6 Å². The van der Waals surface area contributed by atoms with Crippen LogP contribution in [0.15, 0.2) is 5.38 Å². The molecule has 1 unspecified atom stereocenters. The normalized spacial score (nSPS) is 12.5. The second kappa shape index (κ2) is 5.26. The van der Waals surface area contributed by atoms with Gasteiger partial charge in [0.25, 0.3) is 5.91 Å². The number of thiazole rings is 1. The average molecular weight is 236 g/mol. The molecule has 14 heavy (non-hydrogen) atoms. The van der Waals surface area contributed by atoms with Gasteiger partial charge in [0.2, 0.25) is 0 Å². The summed E-state index contributed by atoms with van der Waals surface area (Å²) in [5.41, 5.74) is 5.42. The molecule has 1 rings (SSSR count). The Hall–Kier alpha value is -0.690. The van der Waals surface area contributed by atoms with Gasteiger partial charge in [0, 0.05) is 18.5 Å². The Labute approximate surface area is 89.9 Å². The van der Waals surface area contributed by atoms with E-state index in [-0.39, 0.29) is 24.7 Å². The number of halogens is 1. The zero-order chi connectivity index (χ0) is 10.6. The third-order valence-corrected chi connectivity index (χ3v) is 2.46. The number of aliphatic hydroxyl groups excluding tert-OH is 1. The zero-order valence-electron chi connectivity index (χ0n) is 7.24. The van der Waals surface area contributed by atoms with E-state index in [4.69, 9.17) is 22.4 Å². The summed E-state index contributed by atoms with van der Waals surface area (Å²) in [6, 6.07) is 0. The van der Waals surface area contributed by atoms with Crippen LogP contribution in [-0.4, -0.2) is 35.2 Å². The summed E-state index contributed by atoms with van der Waals surface area (Å²) in [4.78, 5) is 15.1. The highest BCUT2D eigenvalue weighted by Crippen LogP contribution is 2.14. The number of hydrogen-bond donors (Lipinski definition) is 3. The van der Waals surface area contributed by atoms with Crippen LogP contribution < -0.4 is 11.1 Å². The smallest absolute Gasteiger partial charge is 0.270 e. The molecule has 0 fully saturated rings. The van der Waals surface area contributed by atoms with Crippen molar-refractivity contribution in [2.24, 2.45) is 5.73 Å². The lowest BCUT2D eigenvalue weighted by Gasteiger charge is -2.07. The number of hydrogen-bond acceptors (Lipinski definition) is 5. The number of aliphatic hydroxyl groups is 1. The monoisotopic (exact) mass is 235 g/mol. The minimum Gasteiger partial charge on any atom is -0.390 e. The molecule has 0 aliphatic carbocycles. The van der Waals surface area contributed by atoms with Gasteiger partial charge in [0.15, 0.2) is 4.47 Å². The van der Waals surface area contributed by atoms with Crippen molar-refractivity contribution >= 4 is 28.8 Å². The number of amides is 1. The highest BCUT2D eigenvalue weighted by Gasteiger charge is 2.10. The van der Waals surface area contributed by atoms with Crippen molar-refractivity contribution in [1.82, 2.24) is 10.3 Å². The third kappa shape index (κ3) is 3.22. The van der Waals surface area contributed by atoms with Crippen LogP contribution >= 0.6 is 22.9 Å². The van der Waals surface area contributed by atoms with Gasteiger partial charge in [-0.25, -0.2) is 4.98 Å². The second-order valence-electron chi connectivity index (χ2n) is 2.59. The summed E-state index contributed by atoms with van der Waals surface area (Å²) in [5.74, 6) is -0.361. The van der Waals surface area contributed by atoms with E-state index in [1.54, 1.807) is 5.38 Å². The molecule has 1 aromatic heterocycles. The third-order valence-electron chi connectivity index (χ3n) is 1.48. The molecule has 5 nitrogen and oxygen atoms in total. The quantitative estimate of drug-likeness (QED) is 0.677. The molecule has 0 radical (unpaired) electrons. The van der Waals surface area contributed by atoms with Crippen LogP contribution in [0, 0.1) is 0 Å². The van der Waals surface area contributed by atoms with Crippen molar-refractivity contribution in [3.8, 4) is 0 Å². The number of nitrogens with one attached hydrogen (secondary N) is 1. The molecule has 1 aromatic rings. The van der Waals surface area contributed by atoms with Crippen molar-refractivity contribution < 1.29 is 9.90 Å². The lowest BCUT2D eigenvalue weighted by Crippen LogP contribution is -2.36. The Balaban J connectivity index is 2.43. The highest BCUT2D eigenvalue weighted by atomic mass is 35.5. The summed E-state index contributed by atoms with van der Waals surface area (Å²) in [6.07, 6.45) is -0.729. The molecular weight excluding hydrogens is 226 g/mol. The predicted molar refractivity (Wildman–Crippen MR) is 54.5 cm³/mol. The highest BCUT2D eigenvalue weighted by molar-refractivity contribution is 7.14. The van der Waals surface area contributed by atoms with Gasteiger partial charge < -0.3 is 16.2 Å². The SMILES string of the molecule is NCC(O)CNC(=O)c1csc(Cl)n1. The van der Waals surface area contributed by atoms with E-state index in [0.29, 0.717) is 4.47 Å². The number of carbonyl (C=O) groups excluding carboxylic acids is 1. The van der Waals surface area contributed by atoms with Crippen LogP contribution in [-0.2, 0) is 0 Å². The molecule has 78 valence electrons. The van der Waals surface area contributed by atoms with Crippen LogP contribution in [0.5, 0.6) is 0 Å². The topological polar surface area (TPSA) is 88.2 Å². The van der Waals surface area contributed by atoms with Crippen LogP contribution in [0.2, 0.25) is 4.47 Å². The van der Waals surface area contributed by atoms with Crippen molar-refractivity contribution in [2.45, 2.75) is 6.10 Å². The lowest BCUT2D eigenvalue weighted by molar-refractivity contribution is 0.0916. The first-order valence-corrected chi connectivity index (χ1v) is 5.16. The van der Waals surface area contributed by atoms with Gasteiger partial charge in [-0.3, -0.25) is 4.79 Å². The molecule has 4 N–H and O–H groups in total. The maximum atomic E-state index is 11.3. The zero-order valence-corrected chi connectivity index (χ0v) is 8.81. The van der Waals surface area contributed by atoms with E-state index in [0.717, 1.165) is 0 Å². The molecule has 0 aromatic carbocycles. The molecule has 0 aliphatic rings. The molecule has 1 heterocycles. The Morgan fingerprint density at radius 1 is 1.86 bits per heavy atom. The summed E-state index contributed by atoms with van der Waals surface area (Å²) in [7, 11) is 0. The molecule has 7 heteroatoms. The van der Waals surface area contributed by atoms with Gasteiger partial charge >= 0.3 is 0 Å². The Morgan fingerprint density at radius 2 is 2.57 bits per heavy atom. The second-order valence-corrected chi connectivity index (χ2v) is 4.03. The van der Waals surface area contributed by atoms with Crippen LogP contribution in [0.3, 0.4) is 0 Å². The Kier molecular flexibility index (Phi) is 4.27. The van der Waals surface area contributed by atoms with Crippen molar-refractivity contribution in [1.29, 1.82) is 0 Å². The molecule has 0 spiro atoms. The summed E-state index contributed by atoms with van der Waals surface area (Å²) >= 11 is 6.73. The summed E-state index contributed by atoms with van der Waals surface area (Å²) < 4.78 is 0.314. The first-order chi connectivity index (χ1) is 6.63. The van der Waals surface area contributed by atoms with Gasteiger partial charge in [-0.05, 0) is 0 Å². The van der Waals surface area contributed by atoms with E-state index in [2.05, 4.69) is 10.3 Å². The number of rotatable bonds is 4. The molecule has 0 bridgehead atoms. The number of nitrogens with zero attached hydrogens (tertiary/aromatic N) is 1. The fraction of sp³-hybridized carbons (Fsp3) is 0.429. The van der Waals surface area contributed by atoms with Crippen molar-refractivity contribution in [3.05, 3.63) is 15.5 Å². The van der Waals surface area contributed by atoms with Crippen molar-refractivity contribution in [2.75, 3.05) is 13.1 Å². The Morgan fingerprint density at radius 3 is 3.07 bits per heavy atom. The lowest BCUT2D eigenvalue weighted by atomic mass is 10.3. The van der Waals surface area contributed by atoms with Crippen molar-refractivity contribution in [3.63, 3.8) is 0 Å². The standard InChI is InChI=1S/C7H10ClN3O2S/c8-7-11-5(3-14-7)6(13)10-2-4(12)1-9/h3-4,12H,1-2,9H2,(H,10,13). The number of carbonyl (C=O) groups is 1. The van der Waals surface area contributed by atoms with Crippen LogP contribution in [0.1, 0.15) is 10.5 Å². The molecule has 0 aliphatic heterocycles. The van der Waals surface area contributed by atoms with E-state index in [1.165, 1.54) is 11.3 Å². The average Bonchev–Trinajstić information content (AvgIpc) is 2.60. The predicted octanol–water partition coefficient (Wildman–Crippen LogP) is -0.154. The molecule has 1 atom stereocenters. The minimum absolute atomic E-state index is 0.109. The van der Waals surface area contributed by atoms with Crippen LogP contribution in [0.4, 0.5) is 0 Å². The molecule has 1 amide bonds. The first kappa shape index (κ1) is 11.4. The summed E-state index contributed by atoms with van der Waals surface area (Å²) in [6.45, 7) is 0.225. The van der Waals surface area contributed by atoms with E-state index in [9.17, 15) is 4.79 Å². The maximum Gasteiger partial charge on any atom is 0.270 e. The van der Waals surface area contributed by atoms with Gasteiger partial charge in [-0.2, -0.15) is 0 Å². The molecule has 0 saturated heterocycles. The maximum absolute atomic E-state index is 11.3. The number of aromatic nitrogens is 1. The fourth-order valence-corrected chi connectivity index (χ4v) is 1.48. The van der Waals surface area contributed by atoms with Crippen LogP contribution in [0.25, 0.3) is 0 Å². The van der Waals surface area contributed by atoms with Gasteiger partial charge in [0.05, 0.1) is 6.10 Å².